The number of hydrogen-bond donors (Lipinski definition) is 0. The number of amides is 1. The lowest BCUT2D eigenvalue weighted by Crippen LogP contribution is -2.35. The van der Waals surface area contributed by atoms with Crippen molar-refractivity contribution < 1.29 is 31.1 Å². The number of anilines is 2. The highest BCUT2D eigenvalue weighted by molar-refractivity contribution is 7.96. The minimum absolute atomic E-state index is 0.0364. The number of nitrogens with zero attached hydrogens (tertiary/aromatic N) is 2. The predicted molar refractivity (Wildman–Crippen MR) is 103 cm³/mol. The number of sulfone groups is 1. The third-order valence-electron chi connectivity index (χ3n) is 4.90. The molecular formula is C20H17F3N2O4S. The number of carbonyl (C=O) groups excluding carboxylic acids is 1. The molecule has 6 nitrogen and oxygen atoms in total. The number of alkyl halides is 3. The van der Waals surface area contributed by atoms with Crippen LogP contribution in [0.1, 0.15) is 12.8 Å². The Hall–Kier alpha value is -3.01. The second kappa shape index (κ2) is 7.35. The molecule has 0 saturated carbocycles. The highest BCUT2D eigenvalue weighted by Crippen LogP contribution is 2.40. The molecule has 2 aromatic carbocycles. The number of carbonyl (C=O) groups is 1. The van der Waals surface area contributed by atoms with Gasteiger partial charge in [0.25, 0.3) is 5.91 Å². The van der Waals surface area contributed by atoms with Crippen LogP contribution in [0.15, 0.2) is 64.5 Å². The molecule has 10 heteroatoms. The van der Waals surface area contributed by atoms with Gasteiger partial charge in [-0.05, 0) is 49.2 Å². The van der Waals surface area contributed by atoms with Gasteiger partial charge in [0.05, 0.1) is 10.6 Å². The van der Waals surface area contributed by atoms with E-state index in [1.54, 1.807) is 18.2 Å². The van der Waals surface area contributed by atoms with Crippen molar-refractivity contribution in [1.29, 1.82) is 0 Å². The topological polar surface area (TPSA) is 66.9 Å². The molecule has 1 saturated heterocycles. The van der Waals surface area contributed by atoms with Gasteiger partial charge in [0.2, 0.25) is 9.84 Å². The molecule has 30 heavy (non-hydrogen) atoms. The summed E-state index contributed by atoms with van der Waals surface area (Å²) < 4.78 is 67.3. The minimum atomic E-state index is -4.82. The van der Waals surface area contributed by atoms with Crippen molar-refractivity contribution in [3.63, 3.8) is 0 Å². The van der Waals surface area contributed by atoms with Crippen LogP contribution in [0, 0.1) is 0 Å². The molecule has 2 aromatic rings. The number of halogens is 3. The fourth-order valence-electron chi connectivity index (χ4n) is 3.53. The van der Waals surface area contributed by atoms with E-state index in [1.165, 1.54) is 34.2 Å². The summed E-state index contributed by atoms with van der Waals surface area (Å²) in [6.45, 7) is 0.966. The molecule has 0 bridgehead atoms. The SMILES string of the molecule is O=C(C1=CN(c2ccc(OC(F)(F)F)cc2)c2ccccc2S1(=O)=O)N1CCCC1. The lowest BCUT2D eigenvalue weighted by molar-refractivity contribution is -0.274. The predicted octanol–water partition coefficient (Wildman–Crippen LogP) is 3.97. The Morgan fingerprint density at radius 2 is 1.60 bits per heavy atom. The number of likely N-dealkylation sites (tertiary alicyclic amines) is 1. The Balaban J connectivity index is 1.77. The first-order valence-electron chi connectivity index (χ1n) is 9.17. The van der Waals surface area contributed by atoms with Gasteiger partial charge >= 0.3 is 6.36 Å². The van der Waals surface area contributed by atoms with E-state index in [0.717, 1.165) is 25.0 Å². The van der Waals surface area contributed by atoms with Crippen molar-refractivity contribution in [2.24, 2.45) is 0 Å². The van der Waals surface area contributed by atoms with Gasteiger partial charge in [-0.2, -0.15) is 0 Å². The highest BCUT2D eigenvalue weighted by Gasteiger charge is 2.38. The summed E-state index contributed by atoms with van der Waals surface area (Å²) in [6.07, 6.45) is -1.97. The smallest absolute Gasteiger partial charge is 0.406 e. The minimum Gasteiger partial charge on any atom is -0.406 e. The molecule has 2 aliphatic heterocycles. The number of fused-ring (bicyclic) bond motifs is 1. The molecule has 0 atom stereocenters. The van der Waals surface area contributed by atoms with Crippen molar-refractivity contribution >= 4 is 27.1 Å². The fraction of sp³-hybridized carbons (Fsp3) is 0.250. The van der Waals surface area contributed by atoms with E-state index in [1.807, 2.05) is 0 Å². The van der Waals surface area contributed by atoms with E-state index in [-0.39, 0.29) is 9.80 Å². The van der Waals surface area contributed by atoms with Gasteiger partial charge in [-0.1, -0.05) is 12.1 Å². The van der Waals surface area contributed by atoms with Crippen LogP contribution in [0.25, 0.3) is 0 Å². The molecule has 0 unspecified atom stereocenters. The summed E-state index contributed by atoms with van der Waals surface area (Å²) in [6, 6.07) is 11.2. The summed E-state index contributed by atoms with van der Waals surface area (Å²) in [5.74, 6) is -0.981. The molecular weight excluding hydrogens is 421 g/mol. The Morgan fingerprint density at radius 3 is 2.23 bits per heavy atom. The van der Waals surface area contributed by atoms with Crippen molar-refractivity contribution in [3.8, 4) is 5.75 Å². The van der Waals surface area contributed by atoms with Gasteiger partial charge in [0.1, 0.15) is 5.75 Å². The zero-order valence-corrected chi connectivity index (χ0v) is 16.4. The van der Waals surface area contributed by atoms with E-state index >= 15 is 0 Å². The average molecular weight is 438 g/mol. The van der Waals surface area contributed by atoms with Crippen molar-refractivity contribution in [1.82, 2.24) is 4.90 Å². The van der Waals surface area contributed by atoms with Gasteiger partial charge in [0.15, 0.2) is 4.91 Å². The third-order valence-corrected chi connectivity index (χ3v) is 6.69. The summed E-state index contributed by atoms with van der Waals surface area (Å²) in [5, 5.41) is 0. The van der Waals surface area contributed by atoms with Crippen LogP contribution < -0.4 is 9.64 Å². The van der Waals surface area contributed by atoms with Crippen LogP contribution >= 0.6 is 0 Å². The maximum Gasteiger partial charge on any atom is 0.573 e. The molecule has 0 aromatic heterocycles. The van der Waals surface area contributed by atoms with Crippen molar-refractivity contribution in [3.05, 3.63) is 59.6 Å². The fourth-order valence-corrected chi connectivity index (χ4v) is 5.07. The van der Waals surface area contributed by atoms with Gasteiger partial charge in [0, 0.05) is 25.0 Å². The van der Waals surface area contributed by atoms with Gasteiger partial charge in [-0.15, -0.1) is 13.2 Å². The van der Waals surface area contributed by atoms with E-state index in [4.69, 9.17) is 0 Å². The van der Waals surface area contributed by atoms with Gasteiger partial charge in [-0.3, -0.25) is 4.79 Å². The van der Waals surface area contributed by atoms with E-state index in [0.29, 0.717) is 24.5 Å². The first-order valence-corrected chi connectivity index (χ1v) is 10.7. The van der Waals surface area contributed by atoms with Crippen LogP contribution in [0.5, 0.6) is 5.75 Å². The van der Waals surface area contributed by atoms with Crippen LogP contribution in [0.2, 0.25) is 0 Å². The van der Waals surface area contributed by atoms with E-state index < -0.39 is 27.9 Å². The quantitative estimate of drug-likeness (QED) is 0.726. The number of para-hydroxylation sites is 1. The largest absolute Gasteiger partial charge is 0.573 e. The molecule has 0 spiro atoms. The molecule has 158 valence electrons. The normalized spacial score (nSPS) is 18.0. The van der Waals surface area contributed by atoms with Gasteiger partial charge in [-0.25, -0.2) is 8.42 Å². The van der Waals surface area contributed by atoms with Crippen LogP contribution in [-0.2, 0) is 14.6 Å². The Kier molecular flexibility index (Phi) is 4.97. The van der Waals surface area contributed by atoms with E-state index in [9.17, 15) is 26.4 Å². The first kappa shape index (κ1) is 20.3. The Bertz CT molecular complexity index is 1110. The summed E-state index contributed by atoms with van der Waals surface area (Å²) in [4.78, 5) is 15.5. The maximum atomic E-state index is 13.1. The average Bonchev–Trinajstić information content (AvgIpc) is 3.22. The van der Waals surface area contributed by atoms with Gasteiger partial charge < -0.3 is 14.5 Å². The third kappa shape index (κ3) is 3.74. The highest BCUT2D eigenvalue weighted by atomic mass is 32.2. The monoisotopic (exact) mass is 438 g/mol. The molecule has 1 fully saturated rings. The number of ether oxygens (including phenoxy) is 1. The zero-order chi connectivity index (χ0) is 21.5. The van der Waals surface area contributed by atoms with E-state index in [2.05, 4.69) is 4.74 Å². The van der Waals surface area contributed by atoms with Crippen LogP contribution in [0.4, 0.5) is 24.5 Å². The summed E-state index contributed by atoms with van der Waals surface area (Å²) >= 11 is 0. The summed E-state index contributed by atoms with van der Waals surface area (Å²) in [5.41, 5.74) is 0.693. The molecule has 0 radical (unpaired) electrons. The molecule has 4 rings (SSSR count). The maximum absolute atomic E-state index is 13.1. The Morgan fingerprint density at radius 1 is 0.967 bits per heavy atom. The molecule has 2 aliphatic rings. The number of rotatable bonds is 3. The standard InChI is InChI=1S/C20H17F3N2O4S/c21-20(22,23)29-15-9-7-14(8-10-15)25-13-18(19(26)24-11-3-4-12-24)30(27,28)17-6-2-1-5-16(17)25/h1-2,5-10,13H,3-4,11-12H2. The van der Waals surface area contributed by atoms with Crippen LogP contribution in [0.3, 0.4) is 0 Å². The molecule has 0 aliphatic carbocycles. The Labute approximate surface area is 171 Å². The molecule has 1 amide bonds. The summed E-state index contributed by atoms with van der Waals surface area (Å²) in [7, 11) is -4.04. The lowest BCUT2D eigenvalue weighted by Gasteiger charge is -2.30. The first-order chi connectivity index (χ1) is 14.2. The molecule has 2 heterocycles. The second-order valence-corrected chi connectivity index (χ2v) is 8.76. The van der Waals surface area contributed by atoms with Crippen molar-refractivity contribution in [2.45, 2.75) is 24.1 Å². The number of hydrogen-bond acceptors (Lipinski definition) is 5. The second-order valence-electron chi connectivity index (χ2n) is 6.88. The molecule has 0 N–H and O–H groups in total. The van der Waals surface area contributed by atoms with Crippen molar-refractivity contribution in [2.75, 3.05) is 18.0 Å². The zero-order valence-electron chi connectivity index (χ0n) is 15.6. The number of benzene rings is 2. The van der Waals surface area contributed by atoms with Crippen LogP contribution in [-0.4, -0.2) is 38.7 Å². The lowest BCUT2D eigenvalue weighted by atomic mass is 10.2.